The number of benzene rings is 1. The highest BCUT2D eigenvalue weighted by Gasteiger charge is 2.30. The summed E-state index contributed by atoms with van der Waals surface area (Å²) >= 11 is 1.33. The first-order valence-corrected chi connectivity index (χ1v) is 10.9. The first kappa shape index (κ1) is 20.7. The van der Waals surface area contributed by atoms with Gasteiger partial charge in [-0.1, -0.05) is 13.8 Å². The lowest BCUT2D eigenvalue weighted by Gasteiger charge is -2.29. The van der Waals surface area contributed by atoms with Gasteiger partial charge in [-0.05, 0) is 31.0 Å². The van der Waals surface area contributed by atoms with Gasteiger partial charge in [-0.2, -0.15) is 4.31 Å². The summed E-state index contributed by atoms with van der Waals surface area (Å²) in [6.45, 7) is 4.50. The van der Waals surface area contributed by atoms with Gasteiger partial charge in [0.15, 0.2) is 0 Å². The lowest BCUT2D eigenvalue weighted by atomic mass is 10.2. The van der Waals surface area contributed by atoms with E-state index in [9.17, 15) is 18.0 Å². The van der Waals surface area contributed by atoms with Gasteiger partial charge >= 0.3 is 5.97 Å². The summed E-state index contributed by atoms with van der Waals surface area (Å²) in [5, 5.41) is 0. The topological polar surface area (TPSA) is 84.0 Å². The van der Waals surface area contributed by atoms with Crippen LogP contribution >= 0.6 is 11.8 Å². The van der Waals surface area contributed by atoms with E-state index in [4.69, 9.17) is 0 Å². The molecule has 0 saturated heterocycles. The number of thioether (sulfide) groups is 1. The molecule has 144 valence electrons. The fraction of sp³-hybridized carbons (Fsp3) is 0.529. The normalized spacial score (nSPS) is 14.5. The summed E-state index contributed by atoms with van der Waals surface area (Å²) in [6, 6.07) is 4.74. The van der Waals surface area contributed by atoms with Crippen molar-refractivity contribution in [3.63, 3.8) is 0 Å². The molecule has 7 nitrogen and oxygen atoms in total. The van der Waals surface area contributed by atoms with Gasteiger partial charge in [0, 0.05) is 18.0 Å². The molecule has 1 heterocycles. The van der Waals surface area contributed by atoms with Crippen LogP contribution < -0.4 is 4.90 Å². The van der Waals surface area contributed by atoms with Crippen molar-refractivity contribution in [2.45, 2.75) is 36.5 Å². The highest BCUT2D eigenvalue weighted by atomic mass is 32.2. The second kappa shape index (κ2) is 8.88. The van der Waals surface area contributed by atoms with Crippen LogP contribution in [0.3, 0.4) is 0 Å². The Labute approximate surface area is 158 Å². The largest absolute Gasteiger partial charge is 0.468 e. The highest BCUT2D eigenvalue weighted by molar-refractivity contribution is 8.00. The molecule has 1 aromatic carbocycles. The summed E-state index contributed by atoms with van der Waals surface area (Å²) < 4.78 is 32.1. The number of hydrogen-bond donors (Lipinski definition) is 0. The van der Waals surface area contributed by atoms with E-state index in [1.54, 1.807) is 12.1 Å². The van der Waals surface area contributed by atoms with Gasteiger partial charge in [-0.25, -0.2) is 8.42 Å². The van der Waals surface area contributed by atoms with Crippen molar-refractivity contribution in [2.75, 3.05) is 37.4 Å². The summed E-state index contributed by atoms with van der Waals surface area (Å²) in [5.74, 6) is -0.599. The molecule has 0 radical (unpaired) electrons. The van der Waals surface area contributed by atoms with Gasteiger partial charge in [0.25, 0.3) is 0 Å². The van der Waals surface area contributed by atoms with E-state index < -0.39 is 16.0 Å². The Balaban J connectivity index is 2.44. The molecule has 1 aromatic rings. The Hall–Kier alpha value is -1.58. The second-order valence-electron chi connectivity index (χ2n) is 5.88. The molecule has 0 fully saturated rings. The lowest BCUT2D eigenvalue weighted by Crippen LogP contribution is -2.40. The van der Waals surface area contributed by atoms with E-state index >= 15 is 0 Å². The lowest BCUT2D eigenvalue weighted by molar-refractivity contribution is -0.139. The van der Waals surface area contributed by atoms with Crippen molar-refractivity contribution in [2.24, 2.45) is 0 Å². The van der Waals surface area contributed by atoms with Crippen molar-refractivity contribution >= 4 is 39.3 Å². The maximum atomic E-state index is 13.0. The monoisotopic (exact) mass is 400 g/mol. The maximum absolute atomic E-state index is 13.0. The first-order chi connectivity index (χ1) is 12.3. The van der Waals surface area contributed by atoms with Crippen LogP contribution in [0.5, 0.6) is 0 Å². The Morgan fingerprint density at radius 3 is 2.50 bits per heavy atom. The molecule has 0 aliphatic carbocycles. The van der Waals surface area contributed by atoms with E-state index in [1.165, 1.54) is 34.1 Å². The summed E-state index contributed by atoms with van der Waals surface area (Å²) in [6.07, 6.45) is 1.43. The zero-order valence-electron chi connectivity index (χ0n) is 15.2. The smallest absolute Gasteiger partial charge is 0.325 e. The number of nitrogens with zero attached hydrogens (tertiary/aromatic N) is 2. The highest BCUT2D eigenvalue weighted by Crippen LogP contribution is 2.37. The minimum atomic E-state index is -3.66. The molecule has 0 N–H and O–H groups in total. The Morgan fingerprint density at radius 1 is 1.27 bits per heavy atom. The quantitative estimate of drug-likeness (QED) is 0.622. The Morgan fingerprint density at radius 2 is 1.92 bits per heavy atom. The maximum Gasteiger partial charge on any atom is 0.325 e. The predicted molar refractivity (Wildman–Crippen MR) is 101 cm³/mol. The molecule has 1 amide bonds. The van der Waals surface area contributed by atoms with Gasteiger partial charge in [0.1, 0.15) is 6.54 Å². The molecule has 0 bridgehead atoms. The number of methoxy groups -OCH3 is 1. The zero-order chi connectivity index (χ0) is 19.3. The average Bonchev–Trinajstić information content (AvgIpc) is 2.63. The van der Waals surface area contributed by atoms with Crippen LogP contribution in [0, 0.1) is 0 Å². The van der Waals surface area contributed by atoms with Crippen LogP contribution in [-0.2, 0) is 24.3 Å². The summed E-state index contributed by atoms with van der Waals surface area (Å²) in [7, 11) is -2.41. The fourth-order valence-corrected chi connectivity index (χ4v) is 5.27. The molecule has 0 aromatic heterocycles. The third-order valence-corrected chi connectivity index (χ3v) is 6.91. The van der Waals surface area contributed by atoms with Crippen molar-refractivity contribution in [1.82, 2.24) is 4.31 Å². The zero-order valence-corrected chi connectivity index (χ0v) is 16.9. The summed E-state index contributed by atoms with van der Waals surface area (Å²) in [4.78, 5) is 26.1. The van der Waals surface area contributed by atoms with E-state index in [0.717, 1.165) is 4.90 Å². The Bertz CT molecular complexity index is 773. The first-order valence-electron chi connectivity index (χ1n) is 8.49. The predicted octanol–water partition coefficient (Wildman–Crippen LogP) is 2.11. The van der Waals surface area contributed by atoms with E-state index in [-0.39, 0.29) is 23.1 Å². The molecular formula is C17H24N2O5S2. The number of esters is 1. The van der Waals surface area contributed by atoms with Gasteiger partial charge in [-0.15, -0.1) is 11.8 Å². The molecule has 1 aliphatic rings. The molecule has 1 aliphatic heterocycles. The number of rotatable bonds is 8. The van der Waals surface area contributed by atoms with Crippen LogP contribution in [-0.4, -0.2) is 57.1 Å². The number of carbonyl (C=O) groups is 2. The molecular weight excluding hydrogens is 376 g/mol. The third-order valence-electron chi connectivity index (χ3n) is 3.97. The number of fused-ring (bicyclic) bond motifs is 1. The van der Waals surface area contributed by atoms with Crippen molar-refractivity contribution in [3.05, 3.63) is 18.2 Å². The number of ether oxygens (including phenoxy) is 1. The number of anilines is 1. The van der Waals surface area contributed by atoms with Crippen molar-refractivity contribution < 1.29 is 22.7 Å². The van der Waals surface area contributed by atoms with Crippen LogP contribution in [0.2, 0.25) is 0 Å². The number of amides is 1. The standard InChI is InChI=1S/C17H24N2O5S2/c1-4-8-18(9-5-2)26(22,23)13-6-7-15-14(10-13)19(11-17(21)24-3)16(20)12-25-15/h6-7,10H,4-5,8-9,11-12H2,1-3H3. The van der Waals surface area contributed by atoms with Crippen molar-refractivity contribution in [1.29, 1.82) is 0 Å². The van der Waals surface area contributed by atoms with Crippen LogP contribution in [0.15, 0.2) is 28.0 Å². The molecule has 0 unspecified atom stereocenters. The van der Waals surface area contributed by atoms with E-state index in [1.807, 2.05) is 13.8 Å². The Kier molecular flexibility index (Phi) is 7.08. The molecule has 0 spiro atoms. The number of carbonyl (C=O) groups excluding carboxylic acids is 2. The average molecular weight is 401 g/mol. The molecule has 2 rings (SSSR count). The van der Waals surface area contributed by atoms with Gasteiger partial charge in [-0.3, -0.25) is 14.5 Å². The SMILES string of the molecule is CCCN(CCC)S(=O)(=O)c1ccc2c(c1)N(CC(=O)OC)C(=O)CS2. The molecule has 0 saturated carbocycles. The number of hydrogen-bond acceptors (Lipinski definition) is 6. The number of sulfonamides is 1. The van der Waals surface area contributed by atoms with Gasteiger partial charge in [0.05, 0.1) is 23.4 Å². The molecule has 0 atom stereocenters. The minimum absolute atomic E-state index is 0.128. The minimum Gasteiger partial charge on any atom is -0.468 e. The van der Waals surface area contributed by atoms with Crippen LogP contribution in [0.4, 0.5) is 5.69 Å². The van der Waals surface area contributed by atoms with E-state index in [0.29, 0.717) is 31.6 Å². The summed E-state index contributed by atoms with van der Waals surface area (Å²) in [5.41, 5.74) is 0.436. The van der Waals surface area contributed by atoms with Gasteiger partial charge < -0.3 is 4.74 Å². The fourth-order valence-electron chi connectivity index (χ4n) is 2.71. The molecule has 26 heavy (non-hydrogen) atoms. The second-order valence-corrected chi connectivity index (χ2v) is 8.83. The van der Waals surface area contributed by atoms with Gasteiger partial charge in [0.2, 0.25) is 15.9 Å². The molecule has 9 heteroatoms. The van der Waals surface area contributed by atoms with Crippen LogP contribution in [0.25, 0.3) is 0 Å². The van der Waals surface area contributed by atoms with Crippen LogP contribution in [0.1, 0.15) is 26.7 Å². The van der Waals surface area contributed by atoms with E-state index in [2.05, 4.69) is 4.74 Å². The third kappa shape index (κ3) is 4.39. The van der Waals surface area contributed by atoms with Crippen molar-refractivity contribution in [3.8, 4) is 0 Å².